The zero-order valence-corrected chi connectivity index (χ0v) is 21.9. The third kappa shape index (κ3) is 5.21. The van der Waals surface area contributed by atoms with Gasteiger partial charge in [0.1, 0.15) is 23.5 Å². The normalized spacial score (nSPS) is 19.3. The first-order valence-corrected chi connectivity index (χ1v) is 13.0. The molecule has 10 nitrogen and oxygen atoms in total. The highest BCUT2D eigenvalue weighted by atomic mass is 19.1. The number of benzene rings is 2. The average molecular weight is 535 g/mol. The van der Waals surface area contributed by atoms with Crippen molar-refractivity contribution in [1.82, 2.24) is 30.1 Å². The Hall–Kier alpha value is -4.28. The first-order chi connectivity index (χ1) is 18.8. The van der Waals surface area contributed by atoms with E-state index in [1.165, 1.54) is 22.9 Å². The SMILES string of the molecule is CCN1CCCC(n2cc(C3(F)CN(C(=O)C(NC(=O)c4ccc(OC)cc4)c4ccccc4)C3)nn2)C1=O. The van der Waals surface area contributed by atoms with Crippen molar-refractivity contribution < 1.29 is 23.5 Å². The number of alkyl halides is 1. The summed E-state index contributed by atoms with van der Waals surface area (Å²) >= 11 is 0. The molecule has 39 heavy (non-hydrogen) atoms. The number of likely N-dealkylation sites (tertiary alicyclic amines) is 2. The highest BCUT2D eigenvalue weighted by Gasteiger charge is 2.51. The molecule has 3 heterocycles. The molecule has 0 spiro atoms. The van der Waals surface area contributed by atoms with E-state index in [-0.39, 0.29) is 24.7 Å². The minimum Gasteiger partial charge on any atom is -0.497 e. The molecule has 0 radical (unpaired) electrons. The Morgan fingerprint density at radius 1 is 1.15 bits per heavy atom. The van der Waals surface area contributed by atoms with Crippen molar-refractivity contribution in [2.24, 2.45) is 0 Å². The molecule has 2 unspecified atom stereocenters. The predicted octanol–water partition coefficient (Wildman–Crippen LogP) is 2.65. The van der Waals surface area contributed by atoms with Crippen LogP contribution in [0.1, 0.15) is 53.5 Å². The van der Waals surface area contributed by atoms with E-state index in [0.717, 1.165) is 6.42 Å². The van der Waals surface area contributed by atoms with E-state index < -0.39 is 29.6 Å². The maximum Gasteiger partial charge on any atom is 0.252 e. The van der Waals surface area contributed by atoms with Crippen LogP contribution in [0.3, 0.4) is 0 Å². The Balaban J connectivity index is 1.29. The molecule has 2 fully saturated rings. The summed E-state index contributed by atoms with van der Waals surface area (Å²) in [6.07, 6.45) is 2.93. The molecule has 11 heteroatoms. The molecule has 3 aromatic rings. The Morgan fingerprint density at radius 2 is 1.87 bits per heavy atom. The van der Waals surface area contributed by atoms with E-state index in [2.05, 4.69) is 15.6 Å². The highest BCUT2D eigenvalue weighted by Crippen LogP contribution is 2.37. The molecular weight excluding hydrogens is 503 g/mol. The number of hydrogen-bond donors (Lipinski definition) is 1. The van der Waals surface area contributed by atoms with Crippen LogP contribution in [-0.4, -0.2) is 75.8 Å². The number of likely N-dealkylation sites (N-methyl/N-ethyl adjacent to an activating group) is 1. The van der Waals surface area contributed by atoms with E-state index in [0.29, 0.717) is 36.4 Å². The average Bonchev–Trinajstić information content (AvgIpc) is 3.45. The van der Waals surface area contributed by atoms with Crippen LogP contribution < -0.4 is 10.1 Å². The van der Waals surface area contributed by atoms with E-state index in [1.807, 2.05) is 13.0 Å². The van der Waals surface area contributed by atoms with Gasteiger partial charge in [-0.05, 0) is 49.6 Å². The van der Waals surface area contributed by atoms with Crippen molar-refractivity contribution in [2.45, 2.75) is 37.5 Å². The zero-order valence-electron chi connectivity index (χ0n) is 21.9. The molecule has 2 saturated heterocycles. The lowest BCUT2D eigenvalue weighted by Crippen LogP contribution is -2.61. The molecule has 1 N–H and O–H groups in total. The monoisotopic (exact) mass is 534 g/mol. The fourth-order valence-corrected chi connectivity index (χ4v) is 5.06. The first-order valence-electron chi connectivity index (χ1n) is 13.0. The molecule has 2 aliphatic heterocycles. The van der Waals surface area contributed by atoms with E-state index in [4.69, 9.17) is 4.74 Å². The highest BCUT2D eigenvalue weighted by molar-refractivity contribution is 5.98. The molecule has 0 bridgehead atoms. The summed E-state index contributed by atoms with van der Waals surface area (Å²) in [7, 11) is 1.53. The van der Waals surface area contributed by atoms with E-state index >= 15 is 4.39 Å². The number of methoxy groups -OCH3 is 1. The van der Waals surface area contributed by atoms with Gasteiger partial charge in [-0.3, -0.25) is 14.4 Å². The number of hydrogen-bond acceptors (Lipinski definition) is 6. The Kier molecular flexibility index (Phi) is 7.32. The fraction of sp³-hybridized carbons (Fsp3) is 0.393. The molecule has 5 rings (SSSR count). The maximum atomic E-state index is 15.8. The molecule has 204 valence electrons. The van der Waals surface area contributed by atoms with Crippen molar-refractivity contribution in [2.75, 3.05) is 33.3 Å². The summed E-state index contributed by atoms with van der Waals surface area (Å²) in [6, 6.07) is 13.9. The third-order valence-electron chi connectivity index (χ3n) is 7.37. The zero-order chi connectivity index (χ0) is 27.6. The molecule has 2 aromatic carbocycles. The second kappa shape index (κ2) is 10.8. The van der Waals surface area contributed by atoms with Gasteiger partial charge >= 0.3 is 0 Å². The third-order valence-corrected chi connectivity index (χ3v) is 7.37. The lowest BCUT2D eigenvalue weighted by Gasteiger charge is -2.44. The molecule has 3 amide bonds. The quantitative estimate of drug-likeness (QED) is 0.476. The van der Waals surface area contributed by atoms with Gasteiger partial charge < -0.3 is 19.9 Å². The Labute approximate surface area is 225 Å². The van der Waals surface area contributed by atoms with Gasteiger partial charge in [0, 0.05) is 18.7 Å². The largest absolute Gasteiger partial charge is 0.497 e. The molecule has 1 aromatic heterocycles. The van der Waals surface area contributed by atoms with Crippen LogP contribution >= 0.6 is 0 Å². The molecule has 0 aliphatic carbocycles. The summed E-state index contributed by atoms with van der Waals surface area (Å²) in [4.78, 5) is 42.3. The summed E-state index contributed by atoms with van der Waals surface area (Å²) < 4.78 is 22.4. The first kappa shape index (κ1) is 26.3. The number of nitrogens with one attached hydrogen (secondary N) is 1. The summed E-state index contributed by atoms with van der Waals surface area (Å²) in [5, 5.41) is 10.9. The van der Waals surface area contributed by atoms with Crippen LogP contribution in [-0.2, 0) is 15.3 Å². The molecular formula is C28H31FN6O4. The van der Waals surface area contributed by atoms with Crippen molar-refractivity contribution in [3.63, 3.8) is 0 Å². The number of carbonyl (C=O) groups is 3. The number of rotatable bonds is 8. The maximum absolute atomic E-state index is 15.8. The van der Waals surface area contributed by atoms with Gasteiger partial charge in [0.25, 0.3) is 5.91 Å². The summed E-state index contributed by atoms with van der Waals surface area (Å²) in [5.74, 6) is -0.302. The Bertz CT molecular complexity index is 1340. The fourth-order valence-electron chi connectivity index (χ4n) is 5.06. The van der Waals surface area contributed by atoms with Crippen molar-refractivity contribution in [1.29, 1.82) is 0 Å². The topological polar surface area (TPSA) is 110 Å². The van der Waals surface area contributed by atoms with Crippen LogP contribution in [0.2, 0.25) is 0 Å². The van der Waals surface area contributed by atoms with Crippen molar-refractivity contribution >= 4 is 17.7 Å². The number of nitrogens with zero attached hydrogens (tertiary/aromatic N) is 5. The molecule has 0 saturated carbocycles. The molecule has 2 aliphatic rings. The smallest absolute Gasteiger partial charge is 0.252 e. The second-order valence-electron chi connectivity index (χ2n) is 9.86. The van der Waals surface area contributed by atoms with E-state index in [1.54, 1.807) is 53.4 Å². The molecule has 2 atom stereocenters. The lowest BCUT2D eigenvalue weighted by molar-refractivity contribution is -0.149. The van der Waals surface area contributed by atoms with Crippen molar-refractivity contribution in [3.05, 3.63) is 77.6 Å². The van der Waals surface area contributed by atoms with Gasteiger partial charge in [-0.1, -0.05) is 35.5 Å². The van der Waals surface area contributed by atoms with Crippen LogP contribution in [0.5, 0.6) is 5.75 Å². The number of aromatic nitrogens is 3. The lowest BCUT2D eigenvalue weighted by atomic mass is 9.91. The summed E-state index contributed by atoms with van der Waals surface area (Å²) in [5.41, 5.74) is -0.852. The second-order valence-corrected chi connectivity index (χ2v) is 9.86. The number of halogens is 1. The standard InChI is InChI=1S/C28H31FN6O4/c1-3-33-15-7-10-22(26(33)37)35-16-23(31-32-35)28(29)17-34(18-28)27(38)24(19-8-5-4-6-9-19)30-25(36)20-11-13-21(39-2)14-12-20/h4-6,8-9,11-14,16,22,24H,3,7,10,15,17-18H2,1-2H3,(H,30,36). The summed E-state index contributed by atoms with van der Waals surface area (Å²) in [6.45, 7) is 2.78. The van der Waals surface area contributed by atoms with Gasteiger partial charge in [0.2, 0.25) is 11.8 Å². The van der Waals surface area contributed by atoms with Gasteiger partial charge in [0.05, 0.1) is 26.4 Å². The minimum atomic E-state index is -1.89. The minimum absolute atomic E-state index is 0.0446. The van der Waals surface area contributed by atoms with Crippen LogP contribution in [0, 0.1) is 0 Å². The number of ether oxygens (including phenoxy) is 1. The van der Waals surface area contributed by atoms with Gasteiger partial charge in [-0.2, -0.15) is 0 Å². The van der Waals surface area contributed by atoms with Gasteiger partial charge in [0.15, 0.2) is 5.67 Å². The predicted molar refractivity (Wildman–Crippen MR) is 140 cm³/mol. The van der Waals surface area contributed by atoms with E-state index in [9.17, 15) is 14.4 Å². The van der Waals surface area contributed by atoms with Gasteiger partial charge in [-0.25, -0.2) is 9.07 Å². The number of amides is 3. The number of piperidine rings is 1. The Morgan fingerprint density at radius 3 is 2.54 bits per heavy atom. The van der Waals surface area contributed by atoms with Crippen LogP contribution in [0.25, 0.3) is 0 Å². The van der Waals surface area contributed by atoms with Crippen molar-refractivity contribution in [3.8, 4) is 5.75 Å². The van der Waals surface area contributed by atoms with Gasteiger partial charge in [-0.15, -0.1) is 5.10 Å². The van der Waals surface area contributed by atoms with Crippen LogP contribution in [0.15, 0.2) is 60.8 Å². The number of carbonyl (C=O) groups excluding carboxylic acids is 3. The van der Waals surface area contributed by atoms with Crippen LogP contribution in [0.4, 0.5) is 4.39 Å².